The molecular weight excluding hydrogens is 586 g/mol. The van der Waals surface area contributed by atoms with Crippen molar-refractivity contribution in [2.75, 3.05) is 46.4 Å². The number of hydrogen-bond donors (Lipinski definition) is 1. The Bertz CT molecular complexity index is 1490. The summed E-state index contributed by atoms with van der Waals surface area (Å²) in [5.74, 6) is -1.70. The number of carboxylic acid groups (broad SMARTS) is 1. The zero-order valence-electron chi connectivity index (χ0n) is 22.6. The molecule has 12 heteroatoms. The maximum atomic E-state index is 14.1. The smallest absolute Gasteiger partial charge is 0.409 e. The first-order valence-electron chi connectivity index (χ1n) is 13.4. The van der Waals surface area contributed by atoms with E-state index in [0.29, 0.717) is 18.1 Å². The van der Waals surface area contributed by atoms with E-state index < -0.39 is 33.5 Å². The van der Waals surface area contributed by atoms with E-state index in [0.717, 1.165) is 44.7 Å². The van der Waals surface area contributed by atoms with Crippen molar-refractivity contribution in [1.82, 2.24) is 14.1 Å². The maximum Gasteiger partial charge on any atom is 0.409 e. The Morgan fingerprint density at radius 2 is 1.73 bits per heavy atom. The number of ether oxygens (including phenoxy) is 1. The zero-order chi connectivity index (χ0) is 29.2. The van der Waals surface area contributed by atoms with E-state index in [-0.39, 0.29) is 30.2 Å². The molecule has 1 aliphatic heterocycles. The number of carboxylic acids is 1. The number of likely N-dealkylation sites (N-methyl/N-ethyl adjacent to an activating group) is 1. The van der Waals surface area contributed by atoms with Crippen LogP contribution >= 0.6 is 22.9 Å². The van der Waals surface area contributed by atoms with Gasteiger partial charge in [-0.15, -0.1) is 11.3 Å². The number of nitrogens with zero attached hydrogens (tertiary/aromatic N) is 3. The molecule has 218 valence electrons. The topological polar surface area (TPSA) is 107 Å². The summed E-state index contributed by atoms with van der Waals surface area (Å²) in [5, 5.41) is 11.0. The predicted molar refractivity (Wildman–Crippen MR) is 158 cm³/mol. The Balaban J connectivity index is 1.38. The first-order valence-corrected chi connectivity index (χ1v) is 16.0. The van der Waals surface area contributed by atoms with Crippen LogP contribution in [0.2, 0.25) is 5.02 Å². The number of carbonyl (C=O) groups excluding carboxylic acids is 1. The number of amides is 1. The second kappa shape index (κ2) is 12.1. The second-order valence-corrected chi connectivity index (χ2v) is 14.0. The van der Waals surface area contributed by atoms with Crippen LogP contribution in [0.5, 0.6) is 0 Å². The molecule has 2 aromatic carbocycles. The van der Waals surface area contributed by atoms with Crippen molar-refractivity contribution in [2.45, 2.75) is 28.5 Å². The number of benzene rings is 2. The van der Waals surface area contributed by atoms with Gasteiger partial charge in [0.15, 0.2) is 0 Å². The number of halogens is 1. The molecule has 0 spiro atoms. The van der Waals surface area contributed by atoms with Gasteiger partial charge in [-0.3, -0.25) is 4.79 Å². The Morgan fingerprint density at radius 1 is 1.05 bits per heavy atom. The maximum absolute atomic E-state index is 14.1. The fourth-order valence-electron chi connectivity index (χ4n) is 5.27. The highest BCUT2D eigenvalue weighted by Gasteiger charge is 2.67. The van der Waals surface area contributed by atoms with Crippen molar-refractivity contribution in [3.63, 3.8) is 0 Å². The number of aliphatic carboxylic acids is 1. The molecule has 2 atom stereocenters. The lowest BCUT2D eigenvalue weighted by Gasteiger charge is -2.32. The molecule has 1 N–H and O–H groups in total. The molecule has 1 aromatic heterocycles. The summed E-state index contributed by atoms with van der Waals surface area (Å²) in [5.41, 5.74) is -0.0547. The number of sulfonamides is 1. The summed E-state index contributed by atoms with van der Waals surface area (Å²) >= 11 is 7.09. The minimum Gasteiger partial charge on any atom is -0.480 e. The van der Waals surface area contributed by atoms with Crippen LogP contribution in [0.4, 0.5) is 4.79 Å². The van der Waals surface area contributed by atoms with Crippen LogP contribution < -0.4 is 0 Å². The van der Waals surface area contributed by atoms with Gasteiger partial charge in [-0.05, 0) is 55.3 Å². The Morgan fingerprint density at radius 3 is 2.39 bits per heavy atom. The lowest BCUT2D eigenvalue weighted by atomic mass is 10.1. The van der Waals surface area contributed by atoms with E-state index in [2.05, 4.69) is 4.90 Å². The van der Waals surface area contributed by atoms with Crippen molar-refractivity contribution < 1.29 is 27.9 Å². The molecule has 1 saturated heterocycles. The van der Waals surface area contributed by atoms with Crippen LogP contribution in [0, 0.1) is 0 Å². The van der Waals surface area contributed by atoms with Crippen LogP contribution in [0.15, 0.2) is 70.9 Å². The van der Waals surface area contributed by atoms with E-state index in [1.807, 2.05) is 49.5 Å². The highest BCUT2D eigenvalue weighted by Crippen LogP contribution is 2.57. The third kappa shape index (κ3) is 6.14. The van der Waals surface area contributed by atoms with E-state index in [4.69, 9.17) is 16.3 Å². The molecule has 0 bridgehead atoms. The number of thiophene rings is 1. The molecular formula is C29H32ClN3O6S2. The summed E-state index contributed by atoms with van der Waals surface area (Å²) in [6, 6.07) is 19.4. The second-order valence-electron chi connectivity index (χ2n) is 10.4. The SMILES string of the molecule is CN1CCN(C(=O)OCCCN([C@]2(C(=O)O)C[C@@H]2c2ccccc2)S(=O)(=O)c2ccc(-c3ccc(Cl)cc3)s2)CC1. The van der Waals surface area contributed by atoms with Gasteiger partial charge in [0.1, 0.15) is 9.75 Å². The van der Waals surface area contributed by atoms with Gasteiger partial charge < -0.3 is 19.6 Å². The van der Waals surface area contributed by atoms with Gasteiger partial charge in [-0.2, -0.15) is 4.31 Å². The van der Waals surface area contributed by atoms with Gasteiger partial charge in [-0.1, -0.05) is 54.1 Å². The van der Waals surface area contributed by atoms with Crippen LogP contribution in [-0.2, 0) is 19.6 Å². The first kappa shape index (κ1) is 29.5. The Hall–Kier alpha value is -2.96. The van der Waals surface area contributed by atoms with Gasteiger partial charge in [0.25, 0.3) is 10.0 Å². The highest BCUT2D eigenvalue weighted by molar-refractivity contribution is 7.91. The van der Waals surface area contributed by atoms with Gasteiger partial charge in [0, 0.05) is 48.5 Å². The molecule has 41 heavy (non-hydrogen) atoms. The molecule has 2 heterocycles. The van der Waals surface area contributed by atoms with Gasteiger partial charge >= 0.3 is 12.1 Å². The van der Waals surface area contributed by atoms with Crippen LogP contribution in [0.3, 0.4) is 0 Å². The molecule has 1 saturated carbocycles. The normalized spacial score (nSPS) is 21.1. The summed E-state index contributed by atoms with van der Waals surface area (Å²) in [6.45, 7) is 2.49. The van der Waals surface area contributed by atoms with Crippen molar-refractivity contribution in [1.29, 1.82) is 0 Å². The van der Waals surface area contributed by atoms with Crippen LogP contribution in [0.1, 0.15) is 24.3 Å². The van der Waals surface area contributed by atoms with Gasteiger partial charge in [0.05, 0.1) is 6.61 Å². The summed E-state index contributed by atoms with van der Waals surface area (Å²) in [4.78, 5) is 29.8. The minimum absolute atomic E-state index is 0.0244. The minimum atomic E-state index is -4.22. The van der Waals surface area contributed by atoms with E-state index in [9.17, 15) is 23.1 Å². The highest BCUT2D eigenvalue weighted by atomic mass is 35.5. The number of hydrogen-bond acceptors (Lipinski definition) is 7. The lowest BCUT2D eigenvalue weighted by Crippen LogP contribution is -2.49. The van der Waals surface area contributed by atoms with Crippen molar-refractivity contribution >= 4 is 45.0 Å². The Kier molecular flexibility index (Phi) is 8.72. The number of carbonyl (C=O) groups is 2. The van der Waals surface area contributed by atoms with Crippen LogP contribution in [-0.4, -0.2) is 91.6 Å². The van der Waals surface area contributed by atoms with Crippen molar-refractivity contribution in [3.05, 3.63) is 77.3 Å². The summed E-state index contributed by atoms with van der Waals surface area (Å²) < 4.78 is 34.9. The average Bonchev–Trinajstić information content (AvgIpc) is 3.51. The summed E-state index contributed by atoms with van der Waals surface area (Å²) in [7, 11) is -2.23. The molecule has 1 amide bonds. The van der Waals surface area contributed by atoms with E-state index >= 15 is 0 Å². The zero-order valence-corrected chi connectivity index (χ0v) is 25.0. The first-order chi connectivity index (χ1) is 19.6. The predicted octanol–water partition coefficient (Wildman–Crippen LogP) is 4.84. The van der Waals surface area contributed by atoms with Gasteiger partial charge in [0.2, 0.25) is 0 Å². The number of rotatable bonds is 10. The molecule has 5 rings (SSSR count). The molecule has 2 fully saturated rings. The molecule has 0 unspecified atom stereocenters. The molecule has 0 radical (unpaired) electrons. The molecule has 9 nitrogen and oxygen atoms in total. The fraction of sp³-hybridized carbons (Fsp3) is 0.379. The molecule has 3 aromatic rings. The standard InChI is InChI=1S/C29H32ClN3O6S2/c1-31-15-17-32(18-16-31)28(36)39-19-5-14-33(29(27(34)35)20-24(29)21-6-3-2-4-7-21)41(37,38)26-13-12-25(40-26)22-8-10-23(30)11-9-22/h2-4,6-13,24H,5,14-20H2,1H3,(H,34,35)/t24-,29-/m1/s1. The van der Waals surface area contributed by atoms with Crippen molar-refractivity contribution in [2.24, 2.45) is 0 Å². The third-order valence-electron chi connectivity index (χ3n) is 7.70. The largest absolute Gasteiger partial charge is 0.480 e. The van der Waals surface area contributed by atoms with E-state index in [1.165, 1.54) is 6.07 Å². The summed E-state index contributed by atoms with van der Waals surface area (Å²) in [6.07, 6.45) is -0.132. The lowest BCUT2D eigenvalue weighted by molar-refractivity contribution is -0.143. The molecule has 2 aliphatic rings. The van der Waals surface area contributed by atoms with Gasteiger partial charge in [-0.25, -0.2) is 13.2 Å². The molecule has 1 aliphatic carbocycles. The Labute approximate surface area is 248 Å². The van der Waals surface area contributed by atoms with E-state index in [1.54, 1.807) is 23.1 Å². The fourth-order valence-corrected chi connectivity index (χ4v) is 8.63. The van der Waals surface area contributed by atoms with Crippen LogP contribution in [0.25, 0.3) is 10.4 Å². The monoisotopic (exact) mass is 617 g/mol. The van der Waals surface area contributed by atoms with Crippen molar-refractivity contribution in [3.8, 4) is 10.4 Å². The quantitative estimate of drug-likeness (QED) is 0.324. The third-order valence-corrected chi connectivity index (χ3v) is 11.5. The average molecular weight is 618 g/mol. The number of piperazine rings is 1.